The van der Waals surface area contributed by atoms with Crippen molar-refractivity contribution >= 4 is 21.9 Å². The van der Waals surface area contributed by atoms with Crippen LogP contribution in [0.4, 0.5) is 0 Å². The first-order chi connectivity index (χ1) is 7.65. The minimum absolute atomic E-state index is 0.0800. The van der Waals surface area contributed by atoms with Gasteiger partial charge in [0.05, 0.1) is 6.61 Å². The molecule has 1 aromatic rings. The van der Waals surface area contributed by atoms with Gasteiger partial charge >= 0.3 is 5.97 Å². The van der Waals surface area contributed by atoms with Crippen LogP contribution in [0.3, 0.4) is 0 Å². The monoisotopic (exact) mass is 286 g/mol. The van der Waals surface area contributed by atoms with E-state index in [0.29, 0.717) is 6.61 Å². The molecule has 0 saturated carbocycles. The molecule has 0 amide bonds. The van der Waals surface area contributed by atoms with Gasteiger partial charge in [-0.05, 0) is 23.8 Å². The molecule has 1 heterocycles. The van der Waals surface area contributed by atoms with E-state index in [1.165, 1.54) is 0 Å². The van der Waals surface area contributed by atoms with E-state index in [-0.39, 0.29) is 12.7 Å². The zero-order valence-corrected chi connectivity index (χ0v) is 10.1. The number of halogens is 1. The number of fused-ring (bicyclic) bond motifs is 1. The highest BCUT2D eigenvalue weighted by molar-refractivity contribution is 9.10. The zero-order chi connectivity index (χ0) is 11.5. The Balaban J connectivity index is 1.88. The summed E-state index contributed by atoms with van der Waals surface area (Å²) in [5, 5.41) is 8.43. The lowest BCUT2D eigenvalue weighted by atomic mass is 10.1. The number of carboxylic acid groups (broad SMARTS) is 1. The molecule has 0 saturated heterocycles. The normalized spacial score (nSPS) is 17.9. The van der Waals surface area contributed by atoms with Crippen LogP contribution < -0.4 is 4.74 Å². The summed E-state index contributed by atoms with van der Waals surface area (Å²) in [6.07, 6.45) is 0.678. The summed E-state index contributed by atoms with van der Waals surface area (Å²) in [5.41, 5.74) is 1.12. The van der Waals surface area contributed by atoms with Crippen LogP contribution in [0.5, 0.6) is 5.75 Å². The summed E-state index contributed by atoms with van der Waals surface area (Å²) < 4.78 is 11.6. The van der Waals surface area contributed by atoms with E-state index in [1.54, 1.807) is 0 Å². The van der Waals surface area contributed by atoms with E-state index in [2.05, 4.69) is 15.9 Å². The first-order valence-electron chi connectivity index (χ1n) is 4.90. The molecular formula is C11H11BrO4. The average Bonchev–Trinajstić information content (AvgIpc) is 2.58. The van der Waals surface area contributed by atoms with Crippen molar-refractivity contribution in [2.24, 2.45) is 0 Å². The summed E-state index contributed by atoms with van der Waals surface area (Å²) >= 11 is 3.39. The lowest BCUT2D eigenvalue weighted by Crippen LogP contribution is -2.22. The van der Waals surface area contributed by atoms with Crippen molar-refractivity contribution in [2.75, 3.05) is 13.2 Å². The molecule has 5 heteroatoms. The quantitative estimate of drug-likeness (QED) is 0.918. The topological polar surface area (TPSA) is 55.8 Å². The summed E-state index contributed by atoms with van der Waals surface area (Å²) in [6, 6.07) is 5.82. The fourth-order valence-electron chi connectivity index (χ4n) is 1.66. The molecule has 16 heavy (non-hydrogen) atoms. The Morgan fingerprint density at radius 1 is 1.62 bits per heavy atom. The molecule has 86 valence electrons. The van der Waals surface area contributed by atoms with Gasteiger partial charge in [0.2, 0.25) is 0 Å². The molecule has 1 atom stereocenters. The van der Waals surface area contributed by atoms with Gasteiger partial charge in [-0.1, -0.05) is 15.9 Å². The zero-order valence-electron chi connectivity index (χ0n) is 8.48. The van der Waals surface area contributed by atoms with Gasteiger partial charge < -0.3 is 14.6 Å². The van der Waals surface area contributed by atoms with E-state index in [9.17, 15) is 4.79 Å². The maximum absolute atomic E-state index is 10.3. The Morgan fingerprint density at radius 3 is 3.19 bits per heavy atom. The molecule has 1 unspecified atom stereocenters. The SMILES string of the molecule is O=C(O)COCC1Cc2cc(Br)ccc2O1. The van der Waals surface area contributed by atoms with Gasteiger partial charge in [0, 0.05) is 10.9 Å². The van der Waals surface area contributed by atoms with Crippen LogP contribution in [-0.4, -0.2) is 30.4 Å². The predicted molar refractivity (Wildman–Crippen MR) is 60.7 cm³/mol. The Hall–Kier alpha value is -1.07. The third-order valence-corrected chi connectivity index (χ3v) is 2.79. The molecule has 0 fully saturated rings. The highest BCUT2D eigenvalue weighted by Crippen LogP contribution is 2.31. The van der Waals surface area contributed by atoms with E-state index >= 15 is 0 Å². The molecule has 0 bridgehead atoms. The van der Waals surface area contributed by atoms with Crippen molar-refractivity contribution < 1.29 is 19.4 Å². The maximum atomic E-state index is 10.3. The second kappa shape index (κ2) is 4.84. The Kier molecular flexibility index (Phi) is 3.46. The Labute approximate surface area is 101 Å². The lowest BCUT2D eigenvalue weighted by molar-refractivity contribution is -0.142. The van der Waals surface area contributed by atoms with Gasteiger partial charge in [0.25, 0.3) is 0 Å². The van der Waals surface area contributed by atoms with Gasteiger partial charge in [-0.15, -0.1) is 0 Å². The first-order valence-corrected chi connectivity index (χ1v) is 5.69. The van der Waals surface area contributed by atoms with Crippen LogP contribution in [0.2, 0.25) is 0 Å². The summed E-state index contributed by atoms with van der Waals surface area (Å²) in [4.78, 5) is 10.3. The average molecular weight is 287 g/mol. The minimum atomic E-state index is -0.960. The molecule has 1 aromatic carbocycles. The van der Waals surface area contributed by atoms with E-state index in [4.69, 9.17) is 14.6 Å². The maximum Gasteiger partial charge on any atom is 0.329 e. The molecule has 0 aromatic heterocycles. The van der Waals surface area contributed by atoms with Crippen LogP contribution in [0, 0.1) is 0 Å². The molecule has 1 N–H and O–H groups in total. The van der Waals surface area contributed by atoms with Crippen molar-refractivity contribution in [2.45, 2.75) is 12.5 Å². The molecule has 0 radical (unpaired) electrons. The highest BCUT2D eigenvalue weighted by atomic mass is 79.9. The van der Waals surface area contributed by atoms with Crippen LogP contribution >= 0.6 is 15.9 Å². The summed E-state index contributed by atoms with van der Waals surface area (Å²) in [7, 11) is 0. The van der Waals surface area contributed by atoms with Crippen molar-refractivity contribution in [1.82, 2.24) is 0 Å². The number of carboxylic acids is 1. The predicted octanol–water partition coefficient (Wildman–Crippen LogP) is 1.85. The van der Waals surface area contributed by atoms with Gasteiger partial charge in [0.1, 0.15) is 18.5 Å². The second-order valence-electron chi connectivity index (χ2n) is 3.60. The Morgan fingerprint density at radius 2 is 2.44 bits per heavy atom. The van der Waals surface area contributed by atoms with Crippen molar-refractivity contribution in [1.29, 1.82) is 0 Å². The van der Waals surface area contributed by atoms with Crippen LogP contribution in [0.1, 0.15) is 5.56 Å². The minimum Gasteiger partial charge on any atom is -0.487 e. The molecule has 1 aliphatic heterocycles. The molecule has 1 aliphatic rings. The smallest absolute Gasteiger partial charge is 0.329 e. The number of carbonyl (C=O) groups is 1. The standard InChI is InChI=1S/C11H11BrO4/c12-8-1-2-10-7(3-8)4-9(16-10)5-15-6-11(13)14/h1-3,9H,4-6H2,(H,13,14). The molecule has 2 rings (SSSR count). The van der Waals surface area contributed by atoms with E-state index in [1.807, 2.05) is 18.2 Å². The van der Waals surface area contributed by atoms with E-state index < -0.39 is 5.97 Å². The third kappa shape index (κ3) is 2.74. The largest absolute Gasteiger partial charge is 0.487 e. The third-order valence-electron chi connectivity index (χ3n) is 2.29. The first kappa shape index (κ1) is 11.4. The van der Waals surface area contributed by atoms with Crippen LogP contribution in [-0.2, 0) is 16.0 Å². The van der Waals surface area contributed by atoms with Crippen LogP contribution in [0.25, 0.3) is 0 Å². The fraction of sp³-hybridized carbons (Fsp3) is 0.364. The summed E-state index contributed by atoms with van der Waals surface area (Å²) in [6.45, 7) is 0.0263. The number of rotatable bonds is 4. The van der Waals surface area contributed by atoms with Crippen LogP contribution in [0.15, 0.2) is 22.7 Å². The van der Waals surface area contributed by atoms with Crippen molar-refractivity contribution in [3.05, 3.63) is 28.2 Å². The lowest BCUT2D eigenvalue weighted by Gasteiger charge is -2.09. The van der Waals surface area contributed by atoms with Gasteiger partial charge in [-0.3, -0.25) is 0 Å². The second-order valence-corrected chi connectivity index (χ2v) is 4.52. The fourth-order valence-corrected chi connectivity index (χ4v) is 2.07. The van der Waals surface area contributed by atoms with Gasteiger partial charge in [-0.2, -0.15) is 0 Å². The molecule has 0 aliphatic carbocycles. The molecular weight excluding hydrogens is 276 g/mol. The number of aliphatic carboxylic acids is 1. The van der Waals surface area contributed by atoms with Crippen molar-refractivity contribution in [3.63, 3.8) is 0 Å². The highest BCUT2D eigenvalue weighted by Gasteiger charge is 2.23. The van der Waals surface area contributed by atoms with Gasteiger partial charge in [-0.25, -0.2) is 4.79 Å². The number of benzene rings is 1. The molecule has 4 nitrogen and oxygen atoms in total. The van der Waals surface area contributed by atoms with E-state index in [0.717, 1.165) is 22.2 Å². The number of hydrogen-bond donors (Lipinski definition) is 1. The molecule has 0 spiro atoms. The number of hydrogen-bond acceptors (Lipinski definition) is 3. The van der Waals surface area contributed by atoms with Gasteiger partial charge in [0.15, 0.2) is 0 Å². The Bertz CT molecular complexity index is 405. The summed E-state index contributed by atoms with van der Waals surface area (Å²) in [5.74, 6) is -0.106. The van der Waals surface area contributed by atoms with Crippen molar-refractivity contribution in [3.8, 4) is 5.75 Å². The number of ether oxygens (including phenoxy) is 2.